The minimum atomic E-state index is -0.249. The summed E-state index contributed by atoms with van der Waals surface area (Å²) in [5.74, 6) is 0.556. The van der Waals surface area contributed by atoms with E-state index in [4.69, 9.17) is 16.3 Å². The highest BCUT2D eigenvalue weighted by atomic mass is 35.5. The molecule has 0 spiro atoms. The molecule has 6 nitrogen and oxygen atoms in total. The highest BCUT2D eigenvalue weighted by Crippen LogP contribution is 2.20. The molecule has 1 aliphatic rings. The fraction of sp³-hybridized carbons (Fsp3) is 0.364. The minimum Gasteiger partial charge on any atom is -0.497 e. The molecule has 1 saturated carbocycles. The van der Waals surface area contributed by atoms with Crippen LogP contribution in [0.4, 0.5) is 4.79 Å². The van der Waals surface area contributed by atoms with E-state index in [-0.39, 0.29) is 24.0 Å². The van der Waals surface area contributed by atoms with Gasteiger partial charge in [0.15, 0.2) is 0 Å². The van der Waals surface area contributed by atoms with Gasteiger partial charge in [-0.2, -0.15) is 0 Å². The summed E-state index contributed by atoms with van der Waals surface area (Å²) in [5, 5.41) is 9.57. The van der Waals surface area contributed by atoms with Crippen molar-refractivity contribution in [2.24, 2.45) is 0 Å². The lowest BCUT2D eigenvalue weighted by atomic mass is 9.90. The Kier molecular flexibility index (Phi) is 7.36. The van der Waals surface area contributed by atoms with Crippen molar-refractivity contribution >= 4 is 23.5 Å². The molecule has 2 aromatic carbocycles. The van der Waals surface area contributed by atoms with E-state index in [0.717, 1.165) is 31.2 Å². The zero-order valence-corrected chi connectivity index (χ0v) is 17.2. The van der Waals surface area contributed by atoms with Gasteiger partial charge in [-0.05, 0) is 54.8 Å². The van der Waals surface area contributed by atoms with Crippen LogP contribution in [0.5, 0.6) is 5.75 Å². The molecule has 0 saturated heterocycles. The molecule has 3 N–H and O–H groups in total. The predicted octanol–water partition coefficient (Wildman–Crippen LogP) is 3.89. The number of rotatable bonds is 6. The maximum Gasteiger partial charge on any atom is 0.315 e. The van der Waals surface area contributed by atoms with Gasteiger partial charge in [-0.3, -0.25) is 4.79 Å². The first-order valence-electron chi connectivity index (χ1n) is 9.79. The van der Waals surface area contributed by atoms with Crippen LogP contribution in [0, 0.1) is 0 Å². The first kappa shape index (κ1) is 21.0. The van der Waals surface area contributed by atoms with E-state index in [9.17, 15) is 9.59 Å². The Balaban J connectivity index is 1.54. The lowest BCUT2D eigenvalue weighted by Crippen LogP contribution is -2.55. The Morgan fingerprint density at radius 3 is 2.38 bits per heavy atom. The van der Waals surface area contributed by atoms with E-state index in [1.807, 2.05) is 18.2 Å². The van der Waals surface area contributed by atoms with Gasteiger partial charge in [-0.1, -0.05) is 36.6 Å². The van der Waals surface area contributed by atoms with Gasteiger partial charge in [-0.25, -0.2) is 4.79 Å². The summed E-state index contributed by atoms with van der Waals surface area (Å²) in [4.78, 5) is 25.0. The van der Waals surface area contributed by atoms with Gasteiger partial charge in [0.05, 0.1) is 13.2 Å². The molecule has 3 rings (SSSR count). The molecule has 2 aromatic rings. The van der Waals surface area contributed by atoms with Gasteiger partial charge in [0.2, 0.25) is 0 Å². The number of ether oxygens (including phenoxy) is 1. The standard InChI is InChI=1S/C22H26ClN3O3/c1-29-18-11-9-16(10-12-18)21(27)25-19-7-2-3-8-20(19)26-22(28)24-14-15-5-4-6-17(23)13-15/h4-6,9-13,19-20H,2-3,7-8,14H2,1H3,(H,25,27)(H2,24,26,28). The van der Waals surface area contributed by atoms with Crippen molar-refractivity contribution in [3.8, 4) is 5.75 Å². The topological polar surface area (TPSA) is 79.5 Å². The van der Waals surface area contributed by atoms with Crippen molar-refractivity contribution < 1.29 is 14.3 Å². The summed E-state index contributed by atoms with van der Waals surface area (Å²) in [5.41, 5.74) is 1.50. The number of halogens is 1. The van der Waals surface area contributed by atoms with Gasteiger partial charge in [0.1, 0.15) is 5.75 Å². The predicted molar refractivity (Wildman–Crippen MR) is 113 cm³/mol. The van der Waals surface area contributed by atoms with Crippen LogP contribution < -0.4 is 20.7 Å². The number of benzene rings is 2. The molecule has 0 aromatic heterocycles. The van der Waals surface area contributed by atoms with Gasteiger partial charge in [-0.15, -0.1) is 0 Å². The van der Waals surface area contributed by atoms with Crippen LogP contribution in [0.25, 0.3) is 0 Å². The van der Waals surface area contributed by atoms with Crippen LogP contribution in [0.2, 0.25) is 5.02 Å². The second-order valence-corrected chi connectivity index (χ2v) is 7.59. The summed E-state index contributed by atoms with van der Waals surface area (Å²) in [6.45, 7) is 0.391. The average molecular weight is 416 g/mol. The molecule has 2 unspecified atom stereocenters. The number of carbonyl (C=O) groups excluding carboxylic acids is 2. The van der Waals surface area contributed by atoms with Crippen LogP contribution in [0.1, 0.15) is 41.6 Å². The van der Waals surface area contributed by atoms with Crippen molar-refractivity contribution in [1.29, 1.82) is 0 Å². The Labute approximate surface area is 176 Å². The number of methoxy groups -OCH3 is 1. The third-order valence-corrected chi connectivity index (χ3v) is 5.33. The normalized spacial score (nSPS) is 18.6. The van der Waals surface area contributed by atoms with Crippen LogP contribution in [-0.2, 0) is 6.54 Å². The van der Waals surface area contributed by atoms with E-state index in [0.29, 0.717) is 22.9 Å². The monoisotopic (exact) mass is 415 g/mol. The van der Waals surface area contributed by atoms with Gasteiger partial charge >= 0.3 is 6.03 Å². The zero-order chi connectivity index (χ0) is 20.6. The fourth-order valence-electron chi connectivity index (χ4n) is 3.52. The summed E-state index contributed by atoms with van der Waals surface area (Å²) < 4.78 is 5.13. The Morgan fingerprint density at radius 1 is 1.03 bits per heavy atom. The first-order valence-corrected chi connectivity index (χ1v) is 10.2. The second kappa shape index (κ2) is 10.2. The molecular formula is C22H26ClN3O3. The van der Waals surface area contributed by atoms with Crippen molar-refractivity contribution in [1.82, 2.24) is 16.0 Å². The summed E-state index contributed by atoms with van der Waals surface area (Å²) in [7, 11) is 1.59. The molecule has 0 radical (unpaired) electrons. The Bertz CT molecular complexity index is 841. The number of carbonyl (C=O) groups is 2. The molecule has 0 aliphatic heterocycles. The van der Waals surface area contributed by atoms with Gasteiger partial charge in [0.25, 0.3) is 5.91 Å². The minimum absolute atomic E-state index is 0.102. The lowest BCUT2D eigenvalue weighted by molar-refractivity contribution is 0.0916. The quantitative estimate of drug-likeness (QED) is 0.669. The third-order valence-electron chi connectivity index (χ3n) is 5.09. The lowest BCUT2D eigenvalue weighted by Gasteiger charge is -2.32. The fourth-order valence-corrected chi connectivity index (χ4v) is 3.73. The SMILES string of the molecule is COc1ccc(C(=O)NC2CCCCC2NC(=O)NCc2cccc(Cl)c2)cc1. The Hall–Kier alpha value is -2.73. The van der Waals surface area contributed by atoms with Crippen molar-refractivity contribution in [3.63, 3.8) is 0 Å². The van der Waals surface area contributed by atoms with Crippen LogP contribution in [-0.4, -0.2) is 31.1 Å². The summed E-state index contributed by atoms with van der Waals surface area (Å²) in [6, 6.07) is 13.9. The second-order valence-electron chi connectivity index (χ2n) is 7.16. The molecule has 1 aliphatic carbocycles. The van der Waals surface area contributed by atoms with Crippen molar-refractivity contribution in [2.45, 2.75) is 44.3 Å². The smallest absolute Gasteiger partial charge is 0.315 e. The highest BCUT2D eigenvalue weighted by Gasteiger charge is 2.28. The molecule has 0 heterocycles. The molecule has 29 heavy (non-hydrogen) atoms. The maximum absolute atomic E-state index is 12.6. The first-order chi connectivity index (χ1) is 14.0. The van der Waals surface area contributed by atoms with E-state index in [2.05, 4.69) is 16.0 Å². The molecule has 1 fully saturated rings. The third kappa shape index (κ3) is 6.12. The maximum atomic E-state index is 12.6. The molecule has 2 atom stereocenters. The molecule has 0 bridgehead atoms. The van der Waals surface area contributed by atoms with E-state index >= 15 is 0 Å². The van der Waals surface area contributed by atoms with E-state index in [1.165, 1.54) is 0 Å². The van der Waals surface area contributed by atoms with Gasteiger partial charge < -0.3 is 20.7 Å². The molecular weight excluding hydrogens is 390 g/mol. The van der Waals surface area contributed by atoms with Crippen LogP contribution in [0.15, 0.2) is 48.5 Å². The average Bonchev–Trinajstić information content (AvgIpc) is 2.74. The summed E-state index contributed by atoms with van der Waals surface area (Å²) in [6.07, 6.45) is 3.71. The van der Waals surface area contributed by atoms with Crippen LogP contribution in [0.3, 0.4) is 0 Å². The number of nitrogens with one attached hydrogen (secondary N) is 3. The Morgan fingerprint density at radius 2 is 1.72 bits per heavy atom. The zero-order valence-electron chi connectivity index (χ0n) is 16.4. The van der Waals surface area contributed by atoms with Crippen molar-refractivity contribution in [2.75, 3.05) is 7.11 Å². The van der Waals surface area contributed by atoms with E-state index in [1.54, 1.807) is 37.4 Å². The van der Waals surface area contributed by atoms with Crippen molar-refractivity contribution in [3.05, 3.63) is 64.7 Å². The number of hydrogen-bond donors (Lipinski definition) is 3. The summed E-state index contributed by atoms with van der Waals surface area (Å²) >= 11 is 5.98. The highest BCUT2D eigenvalue weighted by molar-refractivity contribution is 6.30. The van der Waals surface area contributed by atoms with Gasteiger partial charge in [0, 0.05) is 23.2 Å². The number of hydrogen-bond acceptors (Lipinski definition) is 3. The largest absolute Gasteiger partial charge is 0.497 e. The number of urea groups is 1. The molecule has 154 valence electrons. The van der Waals surface area contributed by atoms with Crippen LogP contribution >= 0.6 is 11.6 Å². The number of amides is 3. The van der Waals surface area contributed by atoms with E-state index < -0.39 is 0 Å². The molecule has 3 amide bonds. The molecule has 7 heteroatoms.